The van der Waals surface area contributed by atoms with Crippen LogP contribution in [-0.2, 0) is 21.7 Å². The van der Waals surface area contributed by atoms with Gasteiger partial charge in [-0.3, -0.25) is 14.0 Å². The van der Waals surface area contributed by atoms with Crippen LogP contribution in [0.2, 0.25) is 0 Å². The average molecular weight is 308 g/mol. The summed E-state index contributed by atoms with van der Waals surface area (Å²) >= 11 is 0. The molecule has 1 aliphatic heterocycles. The first-order valence-electron chi connectivity index (χ1n) is 5.69. The molecule has 6 N–H and O–H groups in total. The van der Waals surface area contributed by atoms with E-state index in [0.29, 0.717) is 0 Å². The first-order chi connectivity index (χ1) is 8.86. The van der Waals surface area contributed by atoms with E-state index >= 15 is 0 Å². The lowest BCUT2D eigenvalue weighted by Gasteiger charge is -2.26. The Labute approximate surface area is 118 Å². The van der Waals surface area contributed by atoms with Crippen LogP contribution in [-0.4, -0.2) is 54.2 Å². The third kappa shape index (κ3) is 8.80. The Kier molecular flexibility index (Phi) is 8.30. The van der Waals surface area contributed by atoms with Crippen LogP contribution in [0.3, 0.4) is 0 Å². The number of ether oxygens (including phenoxy) is 1. The molecule has 116 valence electrons. The Morgan fingerprint density at radius 3 is 2.20 bits per heavy atom. The van der Waals surface area contributed by atoms with Gasteiger partial charge in [0.2, 0.25) is 0 Å². The topological polar surface area (TPSA) is 145 Å². The van der Waals surface area contributed by atoms with Crippen LogP contribution < -0.4 is 5.73 Å². The minimum atomic E-state index is -4.67. The van der Waals surface area contributed by atoms with Gasteiger partial charge in [-0.05, 0) is 11.6 Å². The van der Waals surface area contributed by atoms with Crippen LogP contribution in [0.25, 0.3) is 0 Å². The number of nitrogens with zero attached hydrogens (tertiary/aromatic N) is 1. The molecule has 20 heavy (non-hydrogen) atoms. The van der Waals surface area contributed by atoms with Crippen LogP contribution in [0, 0.1) is 0 Å². The predicted octanol–water partition coefficient (Wildman–Crippen LogP) is -0.376. The maximum Gasteiger partial charge on any atom is 0.394 e. The van der Waals surface area contributed by atoms with Gasteiger partial charge in [-0.25, -0.2) is 0 Å². The molecule has 0 saturated carbocycles. The lowest BCUT2D eigenvalue weighted by molar-refractivity contribution is 0.0343. The van der Waals surface area contributed by atoms with Crippen molar-refractivity contribution in [1.82, 2.24) is 4.90 Å². The standard InChI is InChI=1S/C11H16N2O.H2O4S.H2O/c12-11-4-2-1-3-10(11)9-13-5-7-14-8-6-13;1-5(2,3)4;/h1-4H,5-9,12H2;(H2,1,2,3,4);1H2. The number of benzene rings is 1. The van der Waals surface area contributed by atoms with E-state index in [1.165, 1.54) is 5.56 Å². The highest BCUT2D eigenvalue weighted by Crippen LogP contribution is 2.13. The van der Waals surface area contributed by atoms with E-state index in [-0.39, 0.29) is 5.48 Å². The van der Waals surface area contributed by atoms with E-state index in [1.54, 1.807) is 0 Å². The van der Waals surface area contributed by atoms with E-state index in [2.05, 4.69) is 11.0 Å². The van der Waals surface area contributed by atoms with Crippen molar-refractivity contribution in [2.75, 3.05) is 32.0 Å². The van der Waals surface area contributed by atoms with Gasteiger partial charge in [0.15, 0.2) is 0 Å². The summed E-state index contributed by atoms with van der Waals surface area (Å²) in [6.07, 6.45) is 0. The molecule has 0 bridgehead atoms. The molecule has 1 saturated heterocycles. The fourth-order valence-electron chi connectivity index (χ4n) is 1.68. The van der Waals surface area contributed by atoms with E-state index in [1.807, 2.05) is 18.2 Å². The van der Waals surface area contributed by atoms with Crippen molar-refractivity contribution in [3.8, 4) is 0 Å². The Morgan fingerprint density at radius 1 is 1.20 bits per heavy atom. The molecular weight excluding hydrogens is 288 g/mol. The monoisotopic (exact) mass is 308 g/mol. The second kappa shape index (κ2) is 8.84. The Hall–Kier alpha value is -1.23. The van der Waals surface area contributed by atoms with Gasteiger partial charge in [0, 0.05) is 25.3 Å². The van der Waals surface area contributed by atoms with Gasteiger partial charge in [-0.15, -0.1) is 0 Å². The summed E-state index contributed by atoms with van der Waals surface area (Å²) < 4.78 is 36.9. The zero-order valence-electron chi connectivity index (χ0n) is 10.9. The Morgan fingerprint density at radius 2 is 1.70 bits per heavy atom. The van der Waals surface area contributed by atoms with Gasteiger partial charge in [0.1, 0.15) is 0 Å². The van der Waals surface area contributed by atoms with Crippen molar-refractivity contribution in [3.63, 3.8) is 0 Å². The molecule has 0 amide bonds. The van der Waals surface area contributed by atoms with Crippen LogP contribution in [0.15, 0.2) is 24.3 Å². The second-order valence-corrected chi connectivity index (χ2v) is 4.93. The molecule has 0 aromatic heterocycles. The molecule has 0 spiro atoms. The molecule has 1 aromatic rings. The molecule has 0 aliphatic carbocycles. The molecule has 1 fully saturated rings. The van der Waals surface area contributed by atoms with Crippen molar-refractivity contribution in [2.45, 2.75) is 6.54 Å². The maximum absolute atomic E-state index is 8.74. The molecular formula is C11H20N2O6S. The van der Waals surface area contributed by atoms with Crippen molar-refractivity contribution >= 4 is 16.1 Å². The zero-order valence-corrected chi connectivity index (χ0v) is 11.7. The van der Waals surface area contributed by atoms with Crippen molar-refractivity contribution in [1.29, 1.82) is 0 Å². The van der Waals surface area contributed by atoms with Crippen LogP contribution in [0.1, 0.15) is 5.56 Å². The molecule has 8 nitrogen and oxygen atoms in total. The third-order valence-corrected chi connectivity index (χ3v) is 2.55. The number of nitrogens with two attached hydrogens (primary N) is 1. The van der Waals surface area contributed by atoms with Gasteiger partial charge >= 0.3 is 10.4 Å². The van der Waals surface area contributed by atoms with Crippen molar-refractivity contribution in [2.24, 2.45) is 0 Å². The maximum atomic E-state index is 8.74. The second-order valence-electron chi connectivity index (χ2n) is 4.04. The Balaban J connectivity index is 0.000000526. The first-order valence-corrected chi connectivity index (χ1v) is 7.09. The molecule has 1 heterocycles. The van der Waals surface area contributed by atoms with E-state index in [0.717, 1.165) is 38.5 Å². The van der Waals surface area contributed by atoms with Crippen LogP contribution in [0.4, 0.5) is 5.69 Å². The summed E-state index contributed by atoms with van der Waals surface area (Å²) in [6, 6.07) is 8.05. The van der Waals surface area contributed by atoms with Crippen molar-refractivity contribution in [3.05, 3.63) is 29.8 Å². The van der Waals surface area contributed by atoms with Gasteiger partial charge in [-0.2, -0.15) is 8.42 Å². The van der Waals surface area contributed by atoms with Gasteiger partial charge in [0.25, 0.3) is 0 Å². The fraction of sp³-hybridized carbons (Fsp3) is 0.455. The predicted molar refractivity (Wildman–Crippen MR) is 74.7 cm³/mol. The number of para-hydroxylation sites is 1. The van der Waals surface area contributed by atoms with Crippen LogP contribution >= 0.6 is 0 Å². The fourth-order valence-corrected chi connectivity index (χ4v) is 1.68. The number of nitrogen functional groups attached to an aromatic ring is 1. The van der Waals surface area contributed by atoms with E-state index in [4.69, 9.17) is 28.0 Å². The lowest BCUT2D eigenvalue weighted by atomic mass is 10.1. The zero-order chi connectivity index (χ0) is 14.3. The molecule has 1 aliphatic rings. The van der Waals surface area contributed by atoms with Gasteiger partial charge in [-0.1, -0.05) is 18.2 Å². The summed E-state index contributed by atoms with van der Waals surface area (Å²) in [5.74, 6) is 0. The molecule has 0 radical (unpaired) electrons. The Bertz CT molecular complexity index is 479. The smallest absolute Gasteiger partial charge is 0.394 e. The van der Waals surface area contributed by atoms with Crippen LogP contribution in [0.5, 0.6) is 0 Å². The quantitative estimate of drug-likeness (QED) is 0.499. The molecule has 2 rings (SSSR count). The number of morpholine rings is 1. The number of anilines is 1. The minimum absolute atomic E-state index is 0. The summed E-state index contributed by atoms with van der Waals surface area (Å²) in [5.41, 5.74) is 7.98. The normalized spacial score (nSPS) is 15.7. The lowest BCUT2D eigenvalue weighted by Crippen LogP contribution is -2.35. The number of rotatable bonds is 2. The largest absolute Gasteiger partial charge is 0.412 e. The van der Waals surface area contributed by atoms with E-state index < -0.39 is 10.4 Å². The number of hydrogen-bond acceptors (Lipinski definition) is 5. The SMILES string of the molecule is Nc1ccccc1CN1CCOCC1.O.O=S(=O)(O)O. The van der Waals surface area contributed by atoms with Gasteiger partial charge in [0.05, 0.1) is 13.2 Å². The summed E-state index contributed by atoms with van der Waals surface area (Å²) in [7, 11) is -4.67. The van der Waals surface area contributed by atoms with Crippen molar-refractivity contribution < 1.29 is 27.7 Å². The highest BCUT2D eigenvalue weighted by molar-refractivity contribution is 7.79. The number of hydrogen-bond donors (Lipinski definition) is 3. The highest BCUT2D eigenvalue weighted by atomic mass is 32.3. The highest BCUT2D eigenvalue weighted by Gasteiger charge is 2.11. The molecule has 0 unspecified atom stereocenters. The summed E-state index contributed by atoms with van der Waals surface area (Å²) in [4.78, 5) is 2.37. The molecule has 9 heteroatoms. The molecule has 0 atom stereocenters. The molecule has 1 aromatic carbocycles. The summed E-state index contributed by atoms with van der Waals surface area (Å²) in [6.45, 7) is 4.64. The van der Waals surface area contributed by atoms with E-state index in [9.17, 15) is 0 Å². The third-order valence-electron chi connectivity index (χ3n) is 2.55. The average Bonchev–Trinajstić information content (AvgIpc) is 2.31. The summed E-state index contributed by atoms with van der Waals surface area (Å²) in [5, 5.41) is 0. The minimum Gasteiger partial charge on any atom is -0.412 e. The van der Waals surface area contributed by atoms with Gasteiger partial charge < -0.3 is 15.9 Å². The first kappa shape index (κ1) is 18.8.